The van der Waals surface area contributed by atoms with Crippen LogP contribution in [0.25, 0.3) is 0 Å². The molecule has 0 amide bonds. The van der Waals surface area contributed by atoms with Gasteiger partial charge in [0.15, 0.2) is 0 Å². The van der Waals surface area contributed by atoms with Gasteiger partial charge in [-0.25, -0.2) is 4.98 Å². The highest BCUT2D eigenvalue weighted by molar-refractivity contribution is 8.00. The Hall–Kier alpha value is -2.04. The maximum Gasteiger partial charge on any atom is 0.119 e. The first-order valence-electron chi connectivity index (χ1n) is 10.7. The summed E-state index contributed by atoms with van der Waals surface area (Å²) in [6, 6.07) is 18.6. The zero-order chi connectivity index (χ0) is 20.1. The fraction of sp³-hybridized carbons (Fsp3) is 0.400. The van der Waals surface area contributed by atoms with E-state index in [2.05, 4.69) is 36.2 Å². The van der Waals surface area contributed by atoms with Gasteiger partial charge in [0.05, 0.1) is 6.33 Å². The van der Waals surface area contributed by atoms with E-state index in [1.54, 1.807) is 6.20 Å². The highest BCUT2D eigenvalue weighted by atomic mass is 32.2. The van der Waals surface area contributed by atoms with Crippen molar-refractivity contribution in [3.63, 3.8) is 0 Å². The van der Waals surface area contributed by atoms with Gasteiger partial charge in [0.1, 0.15) is 5.60 Å². The van der Waals surface area contributed by atoms with Crippen LogP contribution in [0.3, 0.4) is 0 Å². The second kappa shape index (κ2) is 9.19. The number of benzene rings is 2. The number of aromatic nitrogens is 2. The lowest BCUT2D eigenvalue weighted by Crippen LogP contribution is -2.37. The number of hydrogen-bond acceptors (Lipinski definition) is 3. The molecule has 0 radical (unpaired) electrons. The summed E-state index contributed by atoms with van der Waals surface area (Å²) in [5.41, 5.74) is 0.823. The van der Waals surface area contributed by atoms with Gasteiger partial charge >= 0.3 is 0 Å². The quantitative estimate of drug-likeness (QED) is 0.532. The second-order valence-corrected chi connectivity index (χ2v) is 9.57. The zero-order valence-electron chi connectivity index (χ0n) is 17.1. The lowest BCUT2D eigenvalue weighted by molar-refractivity contribution is 0.0164. The van der Waals surface area contributed by atoms with Crippen LogP contribution in [0.4, 0.5) is 0 Å². The lowest BCUT2D eigenvalue weighted by Gasteiger charge is -2.36. The molecule has 2 atom stereocenters. The van der Waals surface area contributed by atoms with Crippen LogP contribution < -0.4 is 0 Å². The summed E-state index contributed by atoms with van der Waals surface area (Å²) in [5.74, 6) is -0.0176. The largest absolute Gasteiger partial charge is 0.380 e. The molecule has 1 saturated carbocycles. The molecule has 29 heavy (non-hydrogen) atoms. The molecule has 1 fully saturated rings. The Balaban J connectivity index is 1.60. The Morgan fingerprint density at radius 3 is 2.38 bits per heavy atom. The number of imidazole rings is 1. The van der Waals surface area contributed by atoms with E-state index in [9.17, 15) is 5.11 Å². The SMILES string of the molecule is CC(Cn1ccnc1)C(O)(c1ccccc1)c1ccc(SC2CCCCC2)cc1. The second-order valence-electron chi connectivity index (χ2n) is 8.20. The van der Waals surface area contributed by atoms with Crippen molar-refractivity contribution >= 4 is 11.8 Å². The monoisotopic (exact) mass is 406 g/mol. The minimum absolute atomic E-state index is 0.0176. The van der Waals surface area contributed by atoms with Crippen LogP contribution in [0, 0.1) is 5.92 Å². The van der Waals surface area contributed by atoms with Crippen molar-refractivity contribution in [1.29, 1.82) is 0 Å². The van der Waals surface area contributed by atoms with Crippen LogP contribution in [0.15, 0.2) is 78.2 Å². The molecule has 1 aliphatic rings. The Labute approximate surface area is 178 Å². The van der Waals surface area contributed by atoms with Crippen molar-refractivity contribution in [2.45, 2.75) is 61.3 Å². The van der Waals surface area contributed by atoms with Crippen LogP contribution in [0.2, 0.25) is 0 Å². The van der Waals surface area contributed by atoms with Gasteiger partial charge in [0.25, 0.3) is 0 Å². The maximum absolute atomic E-state index is 12.0. The van der Waals surface area contributed by atoms with E-state index in [1.165, 1.54) is 37.0 Å². The summed E-state index contributed by atoms with van der Waals surface area (Å²) in [4.78, 5) is 5.45. The van der Waals surface area contributed by atoms with E-state index >= 15 is 0 Å². The topological polar surface area (TPSA) is 38.0 Å². The third-order valence-electron chi connectivity index (χ3n) is 6.12. The van der Waals surface area contributed by atoms with Crippen molar-refractivity contribution in [1.82, 2.24) is 9.55 Å². The first-order valence-corrected chi connectivity index (χ1v) is 11.5. The molecule has 3 nitrogen and oxygen atoms in total. The van der Waals surface area contributed by atoms with Gasteiger partial charge in [-0.1, -0.05) is 68.7 Å². The van der Waals surface area contributed by atoms with Gasteiger partial charge in [-0.3, -0.25) is 0 Å². The first kappa shape index (κ1) is 20.2. The van der Waals surface area contributed by atoms with Gasteiger partial charge < -0.3 is 9.67 Å². The van der Waals surface area contributed by atoms with Crippen molar-refractivity contribution in [2.24, 2.45) is 5.92 Å². The maximum atomic E-state index is 12.0. The molecule has 152 valence electrons. The average molecular weight is 407 g/mol. The van der Waals surface area contributed by atoms with E-state index < -0.39 is 5.60 Å². The molecule has 0 saturated heterocycles. The highest BCUT2D eigenvalue weighted by Gasteiger charge is 2.37. The predicted molar refractivity (Wildman–Crippen MR) is 120 cm³/mol. The van der Waals surface area contributed by atoms with Crippen molar-refractivity contribution < 1.29 is 5.11 Å². The molecular weight excluding hydrogens is 376 g/mol. The molecule has 2 unspecified atom stereocenters. The van der Waals surface area contributed by atoms with Crippen molar-refractivity contribution in [3.05, 3.63) is 84.4 Å². The molecule has 1 aliphatic carbocycles. The zero-order valence-corrected chi connectivity index (χ0v) is 17.9. The van der Waals surface area contributed by atoms with Gasteiger partial charge in [-0.15, -0.1) is 11.8 Å². The Kier molecular flexibility index (Phi) is 6.41. The average Bonchev–Trinajstić information content (AvgIpc) is 3.28. The van der Waals surface area contributed by atoms with E-state index in [-0.39, 0.29) is 5.92 Å². The van der Waals surface area contributed by atoms with Gasteiger partial charge in [-0.2, -0.15) is 0 Å². The molecule has 2 aromatic carbocycles. The molecule has 0 bridgehead atoms. The van der Waals surface area contributed by atoms with Crippen LogP contribution in [-0.2, 0) is 12.1 Å². The number of thioether (sulfide) groups is 1. The summed E-state index contributed by atoms with van der Waals surface area (Å²) < 4.78 is 2.03. The fourth-order valence-corrected chi connectivity index (χ4v) is 5.68. The minimum Gasteiger partial charge on any atom is -0.380 e. The molecule has 4 rings (SSSR count). The van der Waals surface area contributed by atoms with Crippen molar-refractivity contribution in [2.75, 3.05) is 0 Å². The summed E-state index contributed by atoms with van der Waals surface area (Å²) in [6.07, 6.45) is 12.3. The highest BCUT2D eigenvalue weighted by Crippen LogP contribution is 2.39. The standard InChI is InChI=1S/C25H30N2OS/c1-20(18-27-17-16-26-19-27)25(28,21-8-4-2-5-9-21)22-12-14-24(15-13-22)29-23-10-6-3-7-11-23/h2,4-5,8-9,12-17,19-20,23,28H,3,6-7,10-11,18H2,1H3. The molecule has 3 aromatic rings. The first-order chi connectivity index (χ1) is 14.2. The van der Waals surface area contributed by atoms with Gasteiger partial charge in [-0.05, 0) is 36.1 Å². The van der Waals surface area contributed by atoms with Crippen LogP contribution in [0.1, 0.15) is 50.2 Å². The lowest BCUT2D eigenvalue weighted by atomic mass is 9.77. The molecule has 1 aromatic heterocycles. The van der Waals surface area contributed by atoms with Gasteiger partial charge in [0, 0.05) is 35.0 Å². The van der Waals surface area contributed by atoms with Crippen molar-refractivity contribution in [3.8, 4) is 0 Å². The fourth-order valence-electron chi connectivity index (χ4n) is 4.43. The van der Waals surface area contributed by atoms with Crippen LogP contribution in [0.5, 0.6) is 0 Å². The number of rotatable bonds is 7. The van der Waals surface area contributed by atoms with E-state index in [1.807, 2.05) is 59.2 Å². The third kappa shape index (κ3) is 4.59. The third-order valence-corrected chi connectivity index (χ3v) is 7.47. The molecule has 4 heteroatoms. The van der Waals surface area contributed by atoms with Crippen LogP contribution in [-0.4, -0.2) is 19.9 Å². The normalized spacial score (nSPS) is 18.3. The number of aliphatic hydroxyl groups is 1. The number of nitrogens with zero attached hydrogens (tertiary/aromatic N) is 2. The van der Waals surface area contributed by atoms with Gasteiger partial charge in [0.2, 0.25) is 0 Å². The Morgan fingerprint density at radius 1 is 1.03 bits per heavy atom. The number of hydrogen-bond donors (Lipinski definition) is 1. The summed E-state index contributed by atoms with van der Waals surface area (Å²) in [6.45, 7) is 2.81. The van der Waals surface area contributed by atoms with E-state index in [0.29, 0.717) is 6.54 Å². The molecule has 1 N–H and O–H groups in total. The Bertz CT molecular complexity index is 873. The molecule has 0 spiro atoms. The minimum atomic E-state index is -1.06. The molecule has 1 heterocycles. The smallest absolute Gasteiger partial charge is 0.119 e. The van der Waals surface area contributed by atoms with E-state index in [0.717, 1.165) is 16.4 Å². The predicted octanol–water partition coefficient (Wildman–Crippen LogP) is 5.88. The van der Waals surface area contributed by atoms with E-state index in [4.69, 9.17) is 0 Å². The molecular formula is C25H30N2OS. The summed E-state index contributed by atoms with van der Waals surface area (Å²) in [5, 5.41) is 12.7. The summed E-state index contributed by atoms with van der Waals surface area (Å²) in [7, 11) is 0. The summed E-state index contributed by atoms with van der Waals surface area (Å²) >= 11 is 2.00. The molecule has 0 aliphatic heterocycles. The van der Waals surface area contributed by atoms with Crippen LogP contribution >= 0.6 is 11.8 Å². The Morgan fingerprint density at radius 2 is 1.72 bits per heavy atom.